The van der Waals surface area contributed by atoms with Gasteiger partial charge >= 0.3 is 0 Å². The summed E-state index contributed by atoms with van der Waals surface area (Å²) in [6.45, 7) is 0.675. The maximum atomic E-state index is 11.4. The Balaban J connectivity index is 1.79. The normalized spacial score (nSPS) is 27.5. The Kier molecular flexibility index (Phi) is 2.44. The van der Waals surface area contributed by atoms with Gasteiger partial charge in [-0.1, -0.05) is 0 Å². The summed E-state index contributed by atoms with van der Waals surface area (Å²) in [4.78, 5) is 22.7. The van der Waals surface area contributed by atoms with Crippen LogP contribution in [0.1, 0.15) is 32.1 Å². The third-order valence-corrected chi connectivity index (χ3v) is 2.67. The van der Waals surface area contributed by atoms with Gasteiger partial charge < -0.3 is 4.74 Å². The van der Waals surface area contributed by atoms with Gasteiger partial charge in [-0.3, -0.25) is 9.59 Å². The first-order valence-corrected chi connectivity index (χ1v) is 4.94. The Morgan fingerprint density at radius 3 is 2.46 bits per heavy atom. The summed E-state index contributed by atoms with van der Waals surface area (Å²) >= 11 is 0. The topological polar surface area (TPSA) is 43.4 Å². The van der Waals surface area contributed by atoms with Crippen LogP contribution >= 0.6 is 0 Å². The molecule has 1 saturated carbocycles. The number of rotatable bonds is 4. The molecule has 1 atom stereocenters. The van der Waals surface area contributed by atoms with Gasteiger partial charge in [0.1, 0.15) is 11.9 Å². The first-order valence-electron chi connectivity index (χ1n) is 4.94. The molecular formula is C10H14O3. The van der Waals surface area contributed by atoms with Crippen molar-refractivity contribution in [1.82, 2.24) is 0 Å². The summed E-state index contributed by atoms with van der Waals surface area (Å²) in [6, 6.07) is 0. The van der Waals surface area contributed by atoms with E-state index in [-0.39, 0.29) is 30.0 Å². The van der Waals surface area contributed by atoms with Crippen molar-refractivity contribution >= 4 is 11.6 Å². The van der Waals surface area contributed by atoms with Crippen molar-refractivity contribution < 1.29 is 14.3 Å². The second kappa shape index (κ2) is 3.58. The predicted molar refractivity (Wildman–Crippen MR) is 46.3 cm³/mol. The van der Waals surface area contributed by atoms with Crippen LogP contribution in [0.2, 0.25) is 0 Å². The summed E-state index contributed by atoms with van der Waals surface area (Å²) in [5, 5.41) is 0. The third kappa shape index (κ3) is 2.15. The Morgan fingerprint density at radius 1 is 1.15 bits per heavy atom. The highest BCUT2D eigenvalue weighted by molar-refractivity contribution is 6.02. The minimum atomic E-state index is -0.275. The van der Waals surface area contributed by atoms with Crippen LogP contribution in [0.15, 0.2) is 0 Å². The summed E-state index contributed by atoms with van der Waals surface area (Å²) in [6.07, 6.45) is 3.55. The summed E-state index contributed by atoms with van der Waals surface area (Å²) < 4.78 is 5.21. The van der Waals surface area contributed by atoms with E-state index in [0.717, 1.165) is 25.7 Å². The Hall–Kier alpha value is -0.700. The molecule has 0 radical (unpaired) electrons. The molecule has 1 aliphatic carbocycles. The van der Waals surface area contributed by atoms with Crippen LogP contribution in [0.3, 0.4) is 0 Å². The van der Waals surface area contributed by atoms with E-state index in [1.807, 2.05) is 0 Å². The van der Waals surface area contributed by atoms with Gasteiger partial charge in [0.05, 0.1) is 6.42 Å². The van der Waals surface area contributed by atoms with Gasteiger partial charge in [0.15, 0.2) is 5.78 Å². The van der Waals surface area contributed by atoms with Crippen LogP contribution < -0.4 is 0 Å². The number of ether oxygens (including phenoxy) is 1. The average molecular weight is 182 g/mol. The fourth-order valence-electron chi connectivity index (χ4n) is 1.67. The molecule has 0 aromatic rings. The van der Waals surface area contributed by atoms with E-state index in [0.29, 0.717) is 6.61 Å². The molecule has 0 bridgehead atoms. The second-order valence-corrected chi connectivity index (χ2v) is 3.89. The van der Waals surface area contributed by atoms with E-state index in [4.69, 9.17) is 4.74 Å². The smallest absolute Gasteiger partial charge is 0.168 e. The highest BCUT2D eigenvalue weighted by Gasteiger charge is 2.33. The Morgan fingerprint density at radius 2 is 1.92 bits per heavy atom. The summed E-state index contributed by atoms with van der Waals surface area (Å²) in [5.41, 5.74) is 0. The molecule has 1 saturated heterocycles. The second-order valence-electron chi connectivity index (χ2n) is 3.89. The molecule has 2 aliphatic rings. The van der Waals surface area contributed by atoms with E-state index in [9.17, 15) is 9.59 Å². The fourth-order valence-corrected chi connectivity index (χ4v) is 1.67. The lowest BCUT2D eigenvalue weighted by Crippen LogP contribution is -2.22. The van der Waals surface area contributed by atoms with Crippen molar-refractivity contribution in [3.63, 3.8) is 0 Å². The number of hydrogen-bond acceptors (Lipinski definition) is 3. The van der Waals surface area contributed by atoms with Gasteiger partial charge in [0.25, 0.3) is 0 Å². The van der Waals surface area contributed by atoms with Gasteiger partial charge in [-0.15, -0.1) is 0 Å². The molecule has 3 heteroatoms. The maximum absolute atomic E-state index is 11.4. The van der Waals surface area contributed by atoms with Gasteiger partial charge in [0, 0.05) is 12.5 Å². The molecule has 0 aromatic heterocycles. The van der Waals surface area contributed by atoms with E-state index in [2.05, 4.69) is 0 Å². The number of ketones is 2. The quantitative estimate of drug-likeness (QED) is 0.611. The molecular weight excluding hydrogens is 168 g/mol. The van der Waals surface area contributed by atoms with E-state index in [1.165, 1.54) is 0 Å². The minimum Gasteiger partial charge on any atom is -0.370 e. The van der Waals surface area contributed by atoms with Gasteiger partial charge in [0.2, 0.25) is 0 Å². The Bertz CT molecular complexity index is 224. The SMILES string of the molecule is O=C(CC(=O)C1CCCO1)C1CC1. The van der Waals surface area contributed by atoms with Crippen molar-refractivity contribution in [2.75, 3.05) is 6.61 Å². The largest absolute Gasteiger partial charge is 0.370 e. The van der Waals surface area contributed by atoms with Crippen molar-refractivity contribution in [1.29, 1.82) is 0 Å². The average Bonchev–Trinajstić information content (AvgIpc) is 2.81. The molecule has 0 N–H and O–H groups in total. The van der Waals surface area contributed by atoms with Crippen LogP contribution in [0.5, 0.6) is 0 Å². The molecule has 72 valence electrons. The first-order chi connectivity index (χ1) is 6.27. The zero-order chi connectivity index (χ0) is 9.26. The van der Waals surface area contributed by atoms with Crippen molar-refractivity contribution in [3.8, 4) is 0 Å². The van der Waals surface area contributed by atoms with Crippen molar-refractivity contribution in [2.45, 2.75) is 38.2 Å². The zero-order valence-electron chi connectivity index (χ0n) is 7.62. The summed E-state index contributed by atoms with van der Waals surface area (Å²) in [5.74, 6) is 0.320. The van der Waals surface area contributed by atoms with E-state index >= 15 is 0 Å². The van der Waals surface area contributed by atoms with Gasteiger partial charge in [-0.2, -0.15) is 0 Å². The van der Waals surface area contributed by atoms with Crippen LogP contribution in [0, 0.1) is 5.92 Å². The lowest BCUT2D eigenvalue weighted by atomic mass is 10.0. The van der Waals surface area contributed by atoms with E-state index < -0.39 is 0 Å². The summed E-state index contributed by atoms with van der Waals surface area (Å²) in [7, 11) is 0. The monoisotopic (exact) mass is 182 g/mol. The van der Waals surface area contributed by atoms with Crippen molar-refractivity contribution in [3.05, 3.63) is 0 Å². The maximum Gasteiger partial charge on any atom is 0.168 e. The zero-order valence-corrected chi connectivity index (χ0v) is 7.62. The molecule has 0 amide bonds. The van der Waals surface area contributed by atoms with Crippen LogP contribution in [0.4, 0.5) is 0 Å². The molecule has 0 aromatic carbocycles. The number of carbonyl (C=O) groups excluding carboxylic acids is 2. The van der Waals surface area contributed by atoms with Crippen LogP contribution in [0.25, 0.3) is 0 Å². The molecule has 2 rings (SSSR count). The number of hydrogen-bond donors (Lipinski definition) is 0. The lowest BCUT2D eigenvalue weighted by molar-refractivity contribution is -0.133. The predicted octanol–water partition coefficient (Wildman–Crippen LogP) is 1.10. The van der Waals surface area contributed by atoms with Crippen molar-refractivity contribution in [2.24, 2.45) is 5.92 Å². The Labute approximate surface area is 77.4 Å². The van der Waals surface area contributed by atoms with Gasteiger partial charge in [-0.05, 0) is 25.7 Å². The minimum absolute atomic E-state index is 0.00519. The van der Waals surface area contributed by atoms with Gasteiger partial charge in [-0.25, -0.2) is 0 Å². The molecule has 1 aliphatic heterocycles. The molecule has 1 heterocycles. The third-order valence-electron chi connectivity index (χ3n) is 2.67. The molecule has 2 fully saturated rings. The van der Waals surface area contributed by atoms with E-state index in [1.54, 1.807) is 0 Å². The highest BCUT2D eigenvalue weighted by Crippen LogP contribution is 2.31. The molecule has 3 nitrogen and oxygen atoms in total. The van der Waals surface area contributed by atoms with Crippen LogP contribution in [-0.2, 0) is 14.3 Å². The number of Topliss-reactive ketones (excluding diaryl/α,β-unsaturated/α-hetero) is 2. The molecule has 1 unspecified atom stereocenters. The number of carbonyl (C=O) groups is 2. The standard InChI is InChI=1S/C10H14O3/c11-8(7-3-4-7)6-9(12)10-2-1-5-13-10/h7,10H,1-6H2. The van der Waals surface area contributed by atoms with Crippen LogP contribution in [-0.4, -0.2) is 24.3 Å². The molecule has 0 spiro atoms. The highest BCUT2D eigenvalue weighted by atomic mass is 16.5. The fraction of sp³-hybridized carbons (Fsp3) is 0.800. The first kappa shape index (κ1) is 8.88. The lowest BCUT2D eigenvalue weighted by Gasteiger charge is -2.06. The molecule has 13 heavy (non-hydrogen) atoms.